The molecular weight excluding hydrogens is 254 g/mol. The van der Waals surface area contributed by atoms with E-state index in [4.69, 9.17) is 0 Å². The number of carbonyl (C=O) groups excluding carboxylic acids is 1. The summed E-state index contributed by atoms with van der Waals surface area (Å²) < 4.78 is 0. The fourth-order valence-corrected chi connectivity index (χ4v) is 2.17. The monoisotopic (exact) mass is 267 g/mol. The zero-order chi connectivity index (χ0) is 14.1. The standard InChI is InChI=1S/C15H13N3O2/c1-9(19)16-11-4-2-3-10(7-11)15-13-8-12(20)5-6-14(13)17-18-15/h2-8,20H,1H3,(H,16,19)(H,17,18). The molecule has 5 heteroatoms. The predicted octanol–water partition coefficient (Wildman–Crippen LogP) is 2.89. The summed E-state index contributed by atoms with van der Waals surface area (Å²) in [6, 6.07) is 12.5. The van der Waals surface area contributed by atoms with Gasteiger partial charge in [0.2, 0.25) is 5.91 Å². The number of amides is 1. The minimum absolute atomic E-state index is 0.119. The van der Waals surface area contributed by atoms with Crippen LogP contribution in [0.4, 0.5) is 5.69 Å². The van der Waals surface area contributed by atoms with Crippen molar-refractivity contribution in [1.29, 1.82) is 0 Å². The lowest BCUT2D eigenvalue weighted by Gasteiger charge is -2.04. The van der Waals surface area contributed by atoms with E-state index in [1.807, 2.05) is 24.3 Å². The quantitative estimate of drug-likeness (QED) is 0.668. The normalized spacial score (nSPS) is 10.7. The highest BCUT2D eigenvalue weighted by Crippen LogP contribution is 2.30. The van der Waals surface area contributed by atoms with Gasteiger partial charge >= 0.3 is 0 Å². The molecule has 20 heavy (non-hydrogen) atoms. The number of nitrogens with one attached hydrogen (secondary N) is 2. The predicted molar refractivity (Wildman–Crippen MR) is 77.5 cm³/mol. The Morgan fingerprint density at radius 2 is 2.10 bits per heavy atom. The average Bonchev–Trinajstić information content (AvgIpc) is 2.81. The fourth-order valence-electron chi connectivity index (χ4n) is 2.17. The zero-order valence-electron chi connectivity index (χ0n) is 10.8. The van der Waals surface area contributed by atoms with E-state index in [1.165, 1.54) is 6.92 Å². The summed E-state index contributed by atoms with van der Waals surface area (Å²) in [5.74, 6) is 0.0739. The van der Waals surface area contributed by atoms with Gasteiger partial charge in [-0.15, -0.1) is 0 Å². The summed E-state index contributed by atoms with van der Waals surface area (Å²) in [6.45, 7) is 1.47. The lowest BCUT2D eigenvalue weighted by Crippen LogP contribution is -2.05. The highest BCUT2D eigenvalue weighted by atomic mass is 16.3. The van der Waals surface area contributed by atoms with Gasteiger partial charge in [-0.25, -0.2) is 0 Å². The van der Waals surface area contributed by atoms with Crippen LogP contribution in [0.2, 0.25) is 0 Å². The van der Waals surface area contributed by atoms with E-state index in [1.54, 1.807) is 18.2 Å². The number of hydrogen-bond acceptors (Lipinski definition) is 3. The number of benzene rings is 2. The number of H-pyrrole nitrogens is 1. The molecule has 0 aliphatic heterocycles. The van der Waals surface area contributed by atoms with Crippen molar-refractivity contribution in [3.63, 3.8) is 0 Å². The maximum Gasteiger partial charge on any atom is 0.221 e. The molecule has 1 aromatic heterocycles. The number of carbonyl (C=O) groups is 1. The largest absolute Gasteiger partial charge is 0.508 e. The number of nitrogens with zero attached hydrogens (tertiary/aromatic N) is 1. The van der Waals surface area contributed by atoms with Crippen molar-refractivity contribution in [3.05, 3.63) is 42.5 Å². The van der Waals surface area contributed by atoms with E-state index >= 15 is 0 Å². The van der Waals surface area contributed by atoms with Crippen LogP contribution in [0.5, 0.6) is 5.75 Å². The highest BCUT2D eigenvalue weighted by molar-refractivity contribution is 5.95. The van der Waals surface area contributed by atoms with E-state index < -0.39 is 0 Å². The summed E-state index contributed by atoms with van der Waals surface area (Å²) in [5, 5.41) is 20.4. The molecule has 3 aromatic rings. The topological polar surface area (TPSA) is 78.0 Å². The maximum absolute atomic E-state index is 11.1. The van der Waals surface area contributed by atoms with Crippen molar-refractivity contribution in [2.24, 2.45) is 0 Å². The van der Waals surface area contributed by atoms with Gasteiger partial charge in [-0.05, 0) is 30.3 Å². The second-order valence-electron chi connectivity index (χ2n) is 4.56. The second-order valence-corrected chi connectivity index (χ2v) is 4.56. The first-order valence-electron chi connectivity index (χ1n) is 6.18. The first-order valence-corrected chi connectivity index (χ1v) is 6.18. The molecule has 5 nitrogen and oxygen atoms in total. The highest BCUT2D eigenvalue weighted by Gasteiger charge is 2.09. The Morgan fingerprint density at radius 1 is 1.25 bits per heavy atom. The molecule has 3 rings (SSSR count). The van der Waals surface area contributed by atoms with Gasteiger partial charge in [0.1, 0.15) is 11.4 Å². The Morgan fingerprint density at radius 3 is 2.90 bits per heavy atom. The van der Waals surface area contributed by atoms with Crippen LogP contribution in [0.15, 0.2) is 42.5 Å². The van der Waals surface area contributed by atoms with Crippen molar-refractivity contribution in [1.82, 2.24) is 10.2 Å². The molecule has 3 N–H and O–H groups in total. The SMILES string of the molecule is CC(=O)Nc1cccc(-c2n[nH]c3ccc(O)cc23)c1. The molecule has 0 aliphatic rings. The number of aromatic hydroxyl groups is 1. The van der Waals surface area contributed by atoms with E-state index in [9.17, 15) is 9.90 Å². The second kappa shape index (κ2) is 4.70. The van der Waals surface area contributed by atoms with Gasteiger partial charge in [0, 0.05) is 23.6 Å². The summed E-state index contributed by atoms with van der Waals surface area (Å²) >= 11 is 0. The summed E-state index contributed by atoms with van der Waals surface area (Å²) in [5.41, 5.74) is 3.17. The average molecular weight is 267 g/mol. The fraction of sp³-hybridized carbons (Fsp3) is 0.0667. The lowest BCUT2D eigenvalue weighted by molar-refractivity contribution is -0.114. The first-order chi connectivity index (χ1) is 9.63. The van der Waals surface area contributed by atoms with Gasteiger partial charge in [-0.2, -0.15) is 5.10 Å². The third-order valence-electron chi connectivity index (χ3n) is 3.00. The van der Waals surface area contributed by atoms with Crippen LogP contribution >= 0.6 is 0 Å². The molecule has 0 atom stereocenters. The molecule has 2 aromatic carbocycles. The summed E-state index contributed by atoms with van der Waals surface area (Å²) in [7, 11) is 0. The van der Waals surface area contributed by atoms with Crippen molar-refractivity contribution in [2.75, 3.05) is 5.32 Å². The van der Waals surface area contributed by atoms with Crippen LogP contribution in [-0.2, 0) is 4.79 Å². The first kappa shape index (κ1) is 12.2. The van der Waals surface area contributed by atoms with Crippen LogP contribution in [0.25, 0.3) is 22.2 Å². The molecule has 0 saturated heterocycles. The third-order valence-corrected chi connectivity index (χ3v) is 3.00. The van der Waals surface area contributed by atoms with E-state index in [0.29, 0.717) is 5.69 Å². The van der Waals surface area contributed by atoms with Gasteiger partial charge in [-0.3, -0.25) is 9.89 Å². The Labute approximate surface area is 115 Å². The molecule has 0 fully saturated rings. The maximum atomic E-state index is 11.1. The van der Waals surface area contributed by atoms with Crippen LogP contribution in [0.3, 0.4) is 0 Å². The molecule has 0 saturated carbocycles. The van der Waals surface area contributed by atoms with Gasteiger partial charge in [0.25, 0.3) is 0 Å². The molecular formula is C15H13N3O2. The van der Waals surface area contributed by atoms with Gasteiger partial charge in [0.05, 0.1) is 5.52 Å². The van der Waals surface area contributed by atoms with Gasteiger partial charge < -0.3 is 10.4 Å². The van der Waals surface area contributed by atoms with E-state index in [-0.39, 0.29) is 11.7 Å². The number of phenolic OH excluding ortho intramolecular Hbond substituents is 1. The lowest BCUT2D eigenvalue weighted by atomic mass is 10.1. The Balaban J connectivity index is 2.11. The Bertz CT molecular complexity index is 793. The van der Waals surface area contributed by atoms with E-state index in [2.05, 4.69) is 15.5 Å². The minimum atomic E-state index is -0.119. The van der Waals surface area contributed by atoms with Gasteiger partial charge in [0.15, 0.2) is 0 Å². The van der Waals surface area contributed by atoms with Crippen molar-refractivity contribution >= 4 is 22.5 Å². The van der Waals surface area contributed by atoms with Crippen LogP contribution in [0.1, 0.15) is 6.92 Å². The van der Waals surface area contributed by atoms with Crippen molar-refractivity contribution < 1.29 is 9.90 Å². The smallest absolute Gasteiger partial charge is 0.221 e. The molecule has 0 unspecified atom stereocenters. The molecule has 0 aliphatic carbocycles. The summed E-state index contributed by atoms with van der Waals surface area (Å²) in [6.07, 6.45) is 0. The number of rotatable bonds is 2. The van der Waals surface area contributed by atoms with Crippen LogP contribution in [-0.4, -0.2) is 21.2 Å². The Hall–Kier alpha value is -2.82. The number of phenols is 1. The molecule has 1 heterocycles. The number of anilines is 1. The number of hydrogen-bond donors (Lipinski definition) is 3. The van der Waals surface area contributed by atoms with Gasteiger partial charge in [-0.1, -0.05) is 12.1 Å². The molecule has 1 amide bonds. The Kier molecular flexibility index (Phi) is 2.87. The molecule has 100 valence electrons. The molecule has 0 bridgehead atoms. The molecule has 0 radical (unpaired) electrons. The summed E-state index contributed by atoms with van der Waals surface area (Å²) in [4.78, 5) is 11.1. The van der Waals surface area contributed by atoms with E-state index in [0.717, 1.165) is 22.2 Å². The third kappa shape index (κ3) is 2.21. The van der Waals surface area contributed by atoms with Crippen LogP contribution in [0, 0.1) is 0 Å². The number of aromatic nitrogens is 2. The minimum Gasteiger partial charge on any atom is -0.508 e. The number of fused-ring (bicyclic) bond motifs is 1. The van der Waals surface area contributed by atoms with Crippen LogP contribution < -0.4 is 5.32 Å². The van der Waals surface area contributed by atoms with Crippen molar-refractivity contribution in [2.45, 2.75) is 6.92 Å². The molecule has 0 spiro atoms. The van der Waals surface area contributed by atoms with Crippen molar-refractivity contribution in [3.8, 4) is 17.0 Å². The number of aromatic amines is 1. The zero-order valence-corrected chi connectivity index (χ0v) is 10.8.